The molecule has 0 bridgehead atoms. The van der Waals surface area contributed by atoms with Crippen molar-refractivity contribution in [2.24, 2.45) is 0 Å². The third-order valence-corrected chi connectivity index (χ3v) is 3.65. The fourth-order valence-electron chi connectivity index (χ4n) is 2.12. The number of para-hydroxylation sites is 1. The quantitative estimate of drug-likeness (QED) is 0.794. The normalized spacial score (nSPS) is 12.5. The van der Waals surface area contributed by atoms with Crippen LogP contribution in [0.3, 0.4) is 0 Å². The summed E-state index contributed by atoms with van der Waals surface area (Å²) < 4.78 is 0. The summed E-state index contributed by atoms with van der Waals surface area (Å²) in [6.07, 6.45) is 1.59. The number of hydrogen-bond acceptors (Lipinski definition) is 2. The molecule has 3 nitrogen and oxygen atoms in total. The molecule has 1 aromatic carbocycles. The van der Waals surface area contributed by atoms with Crippen LogP contribution in [0.15, 0.2) is 18.2 Å². The first-order valence-electron chi connectivity index (χ1n) is 7.58. The van der Waals surface area contributed by atoms with Gasteiger partial charge in [-0.25, -0.2) is 0 Å². The Morgan fingerprint density at radius 3 is 2.55 bits per heavy atom. The van der Waals surface area contributed by atoms with Crippen LogP contribution in [-0.4, -0.2) is 18.5 Å². The number of rotatable bonds is 7. The van der Waals surface area contributed by atoms with Crippen LogP contribution >= 0.6 is 0 Å². The molecule has 0 aliphatic rings. The first-order valence-corrected chi connectivity index (χ1v) is 7.58. The molecule has 1 rings (SSSR count). The van der Waals surface area contributed by atoms with Crippen LogP contribution < -0.4 is 10.6 Å². The average molecular weight is 276 g/mol. The van der Waals surface area contributed by atoms with Gasteiger partial charge < -0.3 is 10.6 Å². The fraction of sp³-hybridized carbons (Fsp3) is 0.588. The molecule has 2 N–H and O–H groups in total. The topological polar surface area (TPSA) is 41.1 Å². The number of anilines is 1. The summed E-state index contributed by atoms with van der Waals surface area (Å²) in [7, 11) is 0. The second-order valence-electron chi connectivity index (χ2n) is 5.76. The SMILES string of the molecule is CCC(C)NCCC(=O)Nc1c(C)cccc1C(C)C. The molecule has 20 heavy (non-hydrogen) atoms. The van der Waals surface area contributed by atoms with Crippen LogP contribution in [0.5, 0.6) is 0 Å². The lowest BCUT2D eigenvalue weighted by Crippen LogP contribution is -2.29. The van der Waals surface area contributed by atoms with Gasteiger partial charge in [0, 0.05) is 24.7 Å². The molecule has 0 saturated heterocycles. The molecule has 112 valence electrons. The van der Waals surface area contributed by atoms with Gasteiger partial charge in [-0.15, -0.1) is 0 Å². The third-order valence-electron chi connectivity index (χ3n) is 3.65. The zero-order valence-corrected chi connectivity index (χ0v) is 13.4. The molecule has 0 saturated carbocycles. The molecule has 1 atom stereocenters. The van der Waals surface area contributed by atoms with Gasteiger partial charge in [-0.2, -0.15) is 0 Å². The Balaban J connectivity index is 2.62. The van der Waals surface area contributed by atoms with E-state index >= 15 is 0 Å². The number of benzene rings is 1. The van der Waals surface area contributed by atoms with Gasteiger partial charge in [0.05, 0.1) is 0 Å². The second-order valence-corrected chi connectivity index (χ2v) is 5.76. The van der Waals surface area contributed by atoms with Crippen molar-refractivity contribution < 1.29 is 4.79 Å². The monoisotopic (exact) mass is 276 g/mol. The molecule has 0 aliphatic heterocycles. The highest BCUT2D eigenvalue weighted by Crippen LogP contribution is 2.27. The van der Waals surface area contributed by atoms with Crippen molar-refractivity contribution >= 4 is 11.6 Å². The zero-order valence-electron chi connectivity index (χ0n) is 13.4. The van der Waals surface area contributed by atoms with Gasteiger partial charge >= 0.3 is 0 Å². The van der Waals surface area contributed by atoms with Gasteiger partial charge in [-0.1, -0.05) is 39.0 Å². The molecular weight excluding hydrogens is 248 g/mol. The van der Waals surface area contributed by atoms with E-state index in [1.807, 2.05) is 19.1 Å². The average Bonchev–Trinajstić information content (AvgIpc) is 2.40. The molecule has 0 aliphatic carbocycles. The summed E-state index contributed by atoms with van der Waals surface area (Å²) in [5.41, 5.74) is 3.31. The van der Waals surface area contributed by atoms with Gasteiger partial charge in [0.15, 0.2) is 0 Å². The highest BCUT2D eigenvalue weighted by Gasteiger charge is 2.11. The van der Waals surface area contributed by atoms with E-state index in [0.717, 1.165) is 24.2 Å². The van der Waals surface area contributed by atoms with E-state index in [-0.39, 0.29) is 5.91 Å². The van der Waals surface area contributed by atoms with Crippen LogP contribution in [-0.2, 0) is 4.79 Å². The van der Waals surface area contributed by atoms with Crippen molar-refractivity contribution in [2.75, 3.05) is 11.9 Å². The van der Waals surface area contributed by atoms with Crippen molar-refractivity contribution in [1.29, 1.82) is 0 Å². The van der Waals surface area contributed by atoms with Gasteiger partial charge in [0.25, 0.3) is 0 Å². The van der Waals surface area contributed by atoms with Crippen LogP contribution in [0.25, 0.3) is 0 Å². The lowest BCUT2D eigenvalue weighted by atomic mass is 9.98. The standard InChI is InChI=1S/C17H28N2O/c1-6-14(5)18-11-10-16(20)19-17-13(4)8-7-9-15(17)12(2)3/h7-9,12,14,18H,6,10-11H2,1-5H3,(H,19,20). The number of nitrogens with one attached hydrogen (secondary N) is 2. The Kier molecular flexibility index (Phi) is 6.73. The molecule has 0 heterocycles. The van der Waals surface area contributed by atoms with Crippen molar-refractivity contribution in [1.82, 2.24) is 5.32 Å². The number of amides is 1. The van der Waals surface area contributed by atoms with Crippen molar-refractivity contribution in [2.45, 2.75) is 59.4 Å². The van der Waals surface area contributed by atoms with E-state index in [0.29, 0.717) is 18.4 Å². The first-order chi connectivity index (χ1) is 9.45. The number of carbonyl (C=O) groups is 1. The van der Waals surface area contributed by atoms with E-state index in [4.69, 9.17) is 0 Å². The summed E-state index contributed by atoms with van der Waals surface area (Å²) in [5, 5.41) is 6.41. The summed E-state index contributed by atoms with van der Waals surface area (Å²) in [6, 6.07) is 6.64. The van der Waals surface area contributed by atoms with E-state index < -0.39 is 0 Å². The maximum absolute atomic E-state index is 12.1. The largest absolute Gasteiger partial charge is 0.326 e. The maximum atomic E-state index is 12.1. The van der Waals surface area contributed by atoms with Crippen molar-refractivity contribution in [3.8, 4) is 0 Å². The number of hydrogen-bond donors (Lipinski definition) is 2. The third kappa shape index (κ3) is 4.97. The van der Waals surface area contributed by atoms with E-state index in [2.05, 4.69) is 44.4 Å². The predicted octanol–water partition coefficient (Wildman–Crippen LogP) is 3.84. The first kappa shape index (κ1) is 16.7. The van der Waals surface area contributed by atoms with E-state index in [1.54, 1.807) is 0 Å². The van der Waals surface area contributed by atoms with Crippen molar-refractivity contribution in [3.63, 3.8) is 0 Å². The Bertz CT molecular complexity index is 441. The summed E-state index contributed by atoms with van der Waals surface area (Å²) >= 11 is 0. The van der Waals surface area contributed by atoms with Crippen LogP contribution in [0.1, 0.15) is 57.6 Å². The summed E-state index contributed by atoms with van der Waals surface area (Å²) in [6.45, 7) is 11.3. The Morgan fingerprint density at radius 2 is 1.95 bits per heavy atom. The number of carbonyl (C=O) groups excluding carboxylic acids is 1. The molecule has 0 spiro atoms. The summed E-state index contributed by atoms with van der Waals surface area (Å²) in [5.74, 6) is 0.487. The fourth-order valence-corrected chi connectivity index (χ4v) is 2.12. The summed E-state index contributed by atoms with van der Waals surface area (Å²) in [4.78, 5) is 12.1. The Labute approximate surface area is 123 Å². The molecule has 1 unspecified atom stereocenters. The van der Waals surface area contributed by atoms with E-state index in [9.17, 15) is 4.79 Å². The molecule has 1 amide bonds. The molecule has 0 aromatic heterocycles. The minimum Gasteiger partial charge on any atom is -0.326 e. The highest BCUT2D eigenvalue weighted by molar-refractivity contribution is 5.92. The minimum atomic E-state index is 0.0806. The van der Waals surface area contributed by atoms with Gasteiger partial charge in [0.2, 0.25) is 5.91 Å². The second kappa shape index (κ2) is 8.05. The number of aryl methyl sites for hydroxylation is 1. The lowest BCUT2D eigenvalue weighted by molar-refractivity contribution is -0.116. The van der Waals surface area contributed by atoms with E-state index in [1.165, 1.54) is 5.56 Å². The van der Waals surface area contributed by atoms with Crippen LogP contribution in [0.2, 0.25) is 0 Å². The van der Waals surface area contributed by atoms with Crippen LogP contribution in [0, 0.1) is 6.92 Å². The van der Waals surface area contributed by atoms with Gasteiger partial charge in [0.1, 0.15) is 0 Å². The molecule has 1 aromatic rings. The van der Waals surface area contributed by atoms with Gasteiger partial charge in [-0.3, -0.25) is 4.79 Å². The maximum Gasteiger partial charge on any atom is 0.225 e. The van der Waals surface area contributed by atoms with Crippen molar-refractivity contribution in [3.05, 3.63) is 29.3 Å². The van der Waals surface area contributed by atoms with Crippen LogP contribution in [0.4, 0.5) is 5.69 Å². The Morgan fingerprint density at radius 1 is 1.25 bits per heavy atom. The highest BCUT2D eigenvalue weighted by atomic mass is 16.1. The molecular formula is C17H28N2O. The Hall–Kier alpha value is -1.35. The minimum absolute atomic E-state index is 0.0806. The molecule has 0 fully saturated rings. The van der Waals surface area contributed by atoms with Gasteiger partial charge in [-0.05, 0) is 37.3 Å². The molecule has 3 heteroatoms. The molecule has 0 radical (unpaired) electrons. The zero-order chi connectivity index (χ0) is 15.1. The smallest absolute Gasteiger partial charge is 0.225 e. The lowest BCUT2D eigenvalue weighted by Gasteiger charge is -2.17. The predicted molar refractivity (Wildman–Crippen MR) is 86.3 cm³/mol.